The molecule has 0 saturated carbocycles. The van der Waals surface area contributed by atoms with Gasteiger partial charge in [-0.1, -0.05) is 0 Å². The number of ether oxygens (including phenoxy) is 2. The third-order valence-corrected chi connectivity index (χ3v) is 6.21. The van der Waals surface area contributed by atoms with E-state index >= 15 is 0 Å². The molecule has 164 valence electrons. The average Bonchev–Trinajstić information content (AvgIpc) is 2.69. The van der Waals surface area contributed by atoms with Gasteiger partial charge < -0.3 is 39.4 Å². The molecule has 9 heteroatoms. The van der Waals surface area contributed by atoms with Crippen molar-refractivity contribution in [2.45, 2.75) is 62.5 Å². The number of aliphatic hydroxyl groups excluding tert-OH is 5. The molecule has 3 heterocycles. The van der Waals surface area contributed by atoms with Gasteiger partial charge in [0.15, 0.2) is 0 Å². The number of rotatable bonds is 3. The minimum atomic E-state index is -1.50. The quantitative estimate of drug-likeness (QED) is 0.425. The second-order valence-corrected chi connectivity index (χ2v) is 8.51. The van der Waals surface area contributed by atoms with Gasteiger partial charge in [0.05, 0.1) is 24.4 Å². The van der Waals surface area contributed by atoms with Gasteiger partial charge in [-0.05, 0) is 38.5 Å². The van der Waals surface area contributed by atoms with E-state index in [1.165, 1.54) is 6.07 Å². The second-order valence-electron chi connectivity index (χ2n) is 8.51. The molecule has 1 fully saturated rings. The van der Waals surface area contributed by atoms with Gasteiger partial charge in [0.1, 0.15) is 41.3 Å². The van der Waals surface area contributed by atoms with Crippen LogP contribution in [0.4, 0.5) is 0 Å². The van der Waals surface area contributed by atoms with Gasteiger partial charge in [-0.15, -0.1) is 0 Å². The Morgan fingerprint density at radius 1 is 0.967 bits per heavy atom. The van der Waals surface area contributed by atoms with E-state index in [1.54, 1.807) is 32.0 Å². The Kier molecular flexibility index (Phi) is 5.38. The maximum absolute atomic E-state index is 11.8. The summed E-state index contributed by atoms with van der Waals surface area (Å²) in [6, 6.07) is 6.32. The van der Waals surface area contributed by atoms with Crippen LogP contribution >= 0.6 is 0 Å². The van der Waals surface area contributed by atoms with Crippen LogP contribution in [0.2, 0.25) is 0 Å². The maximum Gasteiger partial charge on any atom is 0.336 e. The van der Waals surface area contributed by atoms with Gasteiger partial charge in [0.25, 0.3) is 0 Å². The standard InChI is InChI=1S/C21H26O9/c1-21(2)10(7-12-17(25)19(27)18(26)13(8-22)28-12)16(24)15-11(30-21)5-3-9-4-6-14(23)29-20(9)15/h3-6,10,12-13,16-19,22,24-27H,7-8H2,1-2H3/t10-,12+,13-,16+,17+,18-,19-/m1/s1. The summed E-state index contributed by atoms with van der Waals surface area (Å²) >= 11 is 0. The van der Waals surface area contributed by atoms with Crippen LogP contribution in [-0.2, 0) is 4.74 Å². The third-order valence-electron chi connectivity index (χ3n) is 6.21. The Labute approximate surface area is 172 Å². The predicted molar refractivity (Wildman–Crippen MR) is 104 cm³/mol. The van der Waals surface area contributed by atoms with Crippen LogP contribution in [0.3, 0.4) is 0 Å². The molecule has 9 nitrogen and oxygen atoms in total. The molecule has 0 bridgehead atoms. The van der Waals surface area contributed by atoms with Gasteiger partial charge >= 0.3 is 5.63 Å². The summed E-state index contributed by atoms with van der Waals surface area (Å²) in [6.45, 7) is 3.02. The van der Waals surface area contributed by atoms with E-state index in [9.17, 15) is 30.3 Å². The molecule has 1 aromatic carbocycles. The van der Waals surface area contributed by atoms with E-state index in [-0.39, 0.29) is 12.0 Å². The van der Waals surface area contributed by atoms with Crippen LogP contribution in [-0.4, -0.2) is 68.3 Å². The zero-order chi connectivity index (χ0) is 21.8. The number of aliphatic hydroxyl groups is 5. The largest absolute Gasteiger partial charge is 0.487 e. The van der Waals surface area contributed by atoms with Crippen molar-refractivity contribution in [3.05, 3.63) is 40.2 Å². The molecular weight excluding hydrogens is 396 g/mol. The molecule has 0 unspecified atom stereocenters. The zero-order valence-corrected chi connectivity index (χ0v) is 16.6. The molecule has 0 aliphatic carbocycles. The topological polar surface area (TPSA) is 150 Å². The van der Waals surface area contributed by atoms with Crippen molar-refractivity contribution >= 4 is 11.0 Å². The summed E-state index contributed by atoms with van der Waals surface area (Å²) in [5, 5.41) is 51.8. The van der Waals surface area contributed by atoms with E-state index < -0.39 is 60.4 Å². The van der Waals surface area contributed by atoms with Crippen molar-refractivity contribution in [1.29, 1.82) is 0 Å². The zero-order valence-electron chi connectivity index (χ0n) is 16.6. The molecule has 0 amide bonds. The van der Waals surface area contributed by atoms with Gasteiger partial charge in [0.2, 0.25) is 0 Å². The molecule has 5 N–H and O–H groups in total. The minimum absolute atomic E-state index is 0.0580. The highest BCUT2D eigenvalue weighted by Crippen LogP contribution is 2.48. The summed E-state index contributed by atoms with van der Waals surface area (Å²) in [5.74, 6) is -0.234. The van der Waals surface area contributed by atoms with Crippen molar-refractivity contribution in [3.8, 4) is 5.75 Å². The molecule has 1 aromatic heterocycles. The molecule has 1 saturated heterocycles. The molecule has 4 rings (SSSR count). The van der Waals surface area contributed by atoms with Crippen LogP contribution in [0.1, 0.15) is 31.9 Å². The molecule has 2 aromatic rings. The van der Waals surface area contributed by atoms with Crippen LogP contribution in [0.5, 0.6) is 5.75 Å². The predicted octanol–water partition coefficient (Wildman–Crippen LogP) is -0.154. The fourth-order valence-corrected chi connectivity index (χ4v) is 4.48. The van der Waals surface area contributed by atoms with Crippen molar-refractivity contribution in [1.82, 2.24) is 0 Å². The number of fused-ring (bicyclic) bond motifs is 3. The highest BCUT2D eigenvalue weighted by molar-refractivity contribution is 5.82. The van der Waals surface area contributed by atoms with Crippen LogP contribution < -0.4 is 10.4 Å². The van der Waals surface area contributed by atoms with E-state index in [0.717, 1.165) is 0 Å². The first kappa shape index (κ1) is 21.2. The fraction of sp³-hybridized carbons (Fsp3) is 0.571. The molecule has 7 atom stereocenters. The minimum Gasteiger partial charge on any atom is -0.487 e. The fourth-order valence-electron chi connectivity index (χ4n) is 4.48. The molecular formula is C21H26O9. The first-order valence-corrected chi connectivity index (χ1v) is 9.88. The van der Waals surface area contributed by atoms with Crippen molar-refractivity contribution in [2.24, 2.45) is 5.92 Å². The summed E-state index contributed by atoms with van der Waals surface area (Å²) in [5.41, 5.74) is -0.895. The Bertz CT molecular complexity index is 982. The van der Waals surface area contributed by atoms with Gasteiger partial charge in [-0.3, -0.25) is 0 Å². The van der Waals surface area contributed by atoms with Crippen LogP contribution in [0, 0.1) is 5.92 Å². The summed E-state index contributed by atoms with van der Waals surface area (Å²) in [6.07, 6.45) is -7.45. The SMILES string of the molecule is CC1(C)Oc2ccc3ccc(=O)oc3c2[C@@H](O)[C@H]1C[C@@H]1O[C@H](CO)[C@@H](O)[C@H](O)[C@H]1O. The lowest BCUT2D eigenvalue weighted by Crippen LogP contribution is -2.60. The molecule has 0 spiro atoms. The van der Waals surface area contributed by atoms with Crippen LogP contribution in [0.15, 0.2) is 33.5 Å². The van der Waals surface area contributed by atoms with Crippen molar-refractivity contribution in [3.63, 3.8) is 0 Å². The Hall–Kier alpha value is -2.01. The highest BCUT2D eigenvalue weighted by atomic mass is 16.5. The monoisotopic (exact) mass is 422 g/mol. The first-order chi connectivity index (χ1) is 14.1. The molecule has 0 radical (unpaired) electrons. The normalized spacial score (nSPS) is 35.6. The first-order valence-electron chi connectivity index (χ1n) is 9.88. The van der Waals surface area contributed by atoms with Crippen molar-refractivity contribution < 1.29 is 39.4 Å². The second kappa shape index (κ2) is 7.60. The van der Waals surface area contributed by atoms with Gasteiger partial charge in [-0.2, -0.15) is 0 Å². The highest BCUT2D eigenvalue weighted by Gasteiger charge is 2.50. The van der Waals surface area contributed by atoms with Gasteiger partial charge in [-0.25, -0.2) is 4.79 Å². The van der Waals surface area contributed by atoms with Crippen LogP contribution in [0.25, 0.3) is 11.0 Å². The molecule has 30 heavy (non-hydrogen) atoms. The summed E-state index contributed by atoms with van der Waals surface area (Å²) in [7, 11) is 0. The maximum atomic E-state index is 11.8. The average molecular weight is 422 g/mol. The third kappa shape index (κ3) is 3.41. The summed E-state index contributed by atoms with van der Waals surface area (Å²) < 4.78 is 17.1. The molecule has 2 aliphatic heterocycles. The van der Waals surface area contributed by atoms with E-state index in [4.69, 9.17) is 13.9 Å². The van der Waals surface area contributed by atoms with Gasteiger partial charge in [0, 0.05) is 17.4 Å². The Morgan fingerprint density at radius 2 is 1.63 bits per heavy atom. The van der Waals surface area contributed by atoms with Crippen molar-refractivity contribution in [2.75, 3.05) is 6.61 Å². The lowest BCUT2D eigenvalue weighted by Gasteiger charge is -2.47. The number of hydrogen-bond donors (Lipinski definition) is 5. The number of benzene rings is 1. The summed E-state index contributed by atoms with van der Waals surface area (Å²) in [4.78, 5) is 11.8. The smallest absolute Gasteiger partial charge is 0.336 e. The van der Waals surface area contributed by atoms with E-state index in [0.29, 0.717) is 16.7 Å². The number of hydrogen-bond acceptors (Lipinski definition) is 9. The molecule has 2 aliphatic rings. The Morgan fingerprint density at radius 3 is 2.33 bits per heavy atom. The van der Waals surface area contributed by atoms with E-state index in [2.05, 4.69) is 0 Å². The Balaban J connectivity index is 1.71. The van der Waals surface area contributed by atoms with E-state index in [1.807, 2.05) is 0 Å². The lowest BCUT2D eigenvalue weighted by atomic mass is 9.75. The lowest BCUT2D eigenvalue weighted by molar-refractivity contribution is -0.238.